The van der Waals surface area contributed by atoms with Crippen LogP contribution in [0.25, 0.3) is 16.9 Å². The molecule has 0 spiro atoms. The van der Waals surface area contributed by atoms with Crippen molar-refractivity contribution in [3.63, 3.8) is 0 Å². The Labute approximate surface area is 192 Å². The number of anilines is 4. The number of methoxy groups -OCH3 is 1. The lowest BCUT2D eigenvalue weighted by atomic mass is 10.1. The maximum atomic E-state index is 5.72. The van der Waals surface area contributed by atoms with Crippen molar-refractivity contribution in [1.82, 2.24) is 14.4 Å². The molecule has 0 unspecified atom stereocenters. The number of fused-ring (bicyclic) bond motifs is 2. The summed E-state index contributed by atoms with van der Waals surface area (Å²) < 4.78 is 13.4. The SMILES string of the molecule is COc1cc(Nc2nc(-c3ccc4c(c3)NCCO4)cn3ccnc23)ccc1N1CCCC1. The van der Waals surface area contributed by atoms with Crippen molar-refractivity contribution in [2.75, 3.05) is 48.9 Å². The first-order valence-corrected chi connectivity index (χ1v) is 11.3. The van der Waals surface area contributed by atoms with Gasteiger partial charge in [-0.2, -0.15) is 0 Å². The molecular formula is C25H26N6O2. The Morgan fingerprint density at radius 3 is 2.91 bits per heavy atom. The first-order chi connectivity index (χ1) is 16.3. The van der Waals surface area contributed by atoms with Gasteiger partial charge in [0.2, 0.25) is 0 Å². The van der Waals surface area contributed by atoms with Gasteiger partial charge in [0.05, 0.1) is 24.2 Å². The van der Waals surface area contributed by atoms with E-state index in [0.29, 0.717) is 12.4 Å². The molecule has 1 saturated heterocycles. The third kappa shape index (κ3) is 3.67. The standard InChI is InChI=1S/C25H26N6O2/c1-32-23-15-18(5-6-21(23)30-10-2-3-11-30)28-24-25-27-8-12-31(25)16-20(29-24)17-4-7-22-19(14-17)26-9-13-33-22/h4-8,12,14-16,26H,2-3,9-11,13H2,1H3,(H,28,29). The molecule has 8 nitrogen and oxygen atoms in total. The molecule has 8 heteroatoms. The highest BCUT2D eigenvalue weighted by molar-refractivity contribution is 5.77. The number of rotatable bonds is 5. The molecule has 0 amide bonds. The van der Waals surface area contributed by atoms with Gasteiger partial charge in [-0.3, -0.25) is 0 Å². The zero-order valence-electron chi connectivity index (χ0n) is 18.5. The molecule has 33 heavy (non-hydrogen) atoms. The van der Waals surface area contributed by atoms with Crippen molar-refractivity contribution in [2.24, 2.45) is 0 Å². The number of hydrogen-bond donors (Lipinski definition) is 2. The van der Waals surface area contributed by atoms with Gasteiger partial charge in [0.25, 0.3) is 0 Å². The molecule has 4 heterocycles. The van der Waals surface area contributed by atoms with E-state index in [1.165, 1.54) is 12.8 Å². The first-order valence-electron chi connectivity index (χ1n) is 11.3. The molecule has 2 aromatic carbocycles. The number of hydrogen-bond acceptors (Lipinski definition) is 7. The summed E-state index contributed by atoms with van der Waals surface area (Å²) in [4.78, 5) is 11.8. The zero-order valence-corrected chi connectivity index (χ0v) is 18.5. The summed E-state index contributed by atoms with van der Waals surface area (Å²) in [6, 6.07) is 12.3. The second kappa shape index (κ2) is 8.20. The van der Waals surface area contributed by atoms with Gasteiger partial charge in [0.1, 0.15) is 18.1 Å². The van der Waals surface area contributed by atoms with Gasteiger partial charge in [-0.1, -0.05) is 0 Å². The molecule has 0 atom stereocenters. The quantitative estimate of drug-likeness (QED) is 0.469. The van der Waals surface area contributed by atoms with Gasteiger partial charge >= 0.3 is 0 Å². The summed E-state index contributed by atoms with van der Waals surface area (Å²) in [5.74, 6) is 2.42. The van der Waals surface area contributed by atoms with Crippen molar-refractivity contribution in [3.8, 4) is 22.8 Å². The van der Waals surface area contributed by atoms with E-state index in [4.69, 9.17) is 14.5 Å². The van der Waals surface area contributed by atoms with Crippen molar-refractivity contribution < 1.29 is 9.47 Å². The Bertz CT molecular complexity index is 1310. The van der Waals surface area contributed by atoms with Crippen LogP contribution in [-0.2, 0) is 0 Å². The summed E-state index contributed by atoms with van der Waals surface area (Å²) in [5.41, 5.74) is 5.65. The Morgan fingerprint density at radius 2 is 2.03 bits per heavy atom. The second-order valence-electron chi connectivity index (χ2n) is 8.32. The van der Waals surface area contributed by atoms with Crippen LogP contribution in [0.15, 0.2) is 55.0 Å². The summed E-state index contributed by atoms with van der Waals surface area (Å²) in [7, 11) is 1.72. The number of nitrogens with one attached hydrogen (secondary N) is 2. The van der Waals surface area contributed by atoms with E-state index >= 15 is 0 Å². The normalized spacial score (nSPS) is 15.1. The molecule has 2 aliphatic rings. The van der Waals surface area contributed by atoms with Crippen LogP contribution >= 0.6 is 0 Å². The number of nitrogens with zero attached hydrogens (tertiary/aromatic N) is 4. The Hall–Kier alpha value is -3.94. The van der Waals surface area contributed by atoms with Crippen molar-refractivity contribution in [1.29, 1.82) is 0 Å². The van der Waals surface area contributed by atoms with Gasteiger partial charge < -0.3 is 29.4 Å². The number of imidazole rings is 1. The minimum atomic E-state index is 0.680. The van der Waals surface area contributed by atoms with Crippen molar-refractivity contribution >= 4 is 28.5 Å². The predicted molar refractivity (Wildman–Crippen MR) is 130 cm³/mol. The fraction of sp³-hybridized carbons (Fsp3) is 0.280. The molecule has 2 N–H and O–H groups in total. The van der Waals surface area contributed by atoms with Crippen LogP contribution in [0.2, 0.25) is 0 Å². The zero-order chi connectivity index (χ0) is 22.2. The molecular weight excluding hydrogens is 416 g/mol. The summed E-state index contributed by atoms with van der Waals surface area (Å²) in [6.07, 6.45) is 8.16. The third-order valence-corrected chi connectivity index (χ3v) is 6.21. The van der Waals surface area contributed by atoms with Crippen LogP contribution in [0.1, 0.15) is 12.8 Å². The highest BCUT2D eigenvalue weighted by Gasteiger charge is 2.18. The first kappa shape index (κ1) is 19.7. The largest absolute Gasteiger partial charge is 0.495 e. The van der Waals surface area contributed by atoms with Crippen molar-refractivity contribution in [3.05, 3.63) is 55.0 Å². The lowest BCUT2D eigenvalue weighted by Gasteiger charge is -2.21. The Kier molecular flexibility index (Phi) is 4.90. The molecule has 0 saturated carbocycles. The topological polar surface area (TPSA) is 75.9 Å². The minimum Gasteiger partial charge on any atom is -0.495 e. The molecule has 2 aliphatic heterocycles. The molecule has 4 aromatic rings. The minimum absolute atomic E-state index is 0.680. The fourth-order valence-electron chi connectivity index (χ4n) is 4.57. The van der Waals surface area contributed by atoms with E-state index in [0.717, 1.165) is 65.1 Å². The third-order valence-electron chi connectivity index (χ3n) is 6.21. The van der Waals surface area contributed by atoms with Crippen LogP contribution in [0.4, 0.5) is 22.9 Å². The van der Waals surface area contributed by atoms with E-state index in [9.17, 15) is 0 Å². The average Bonchev–Trinajstić information content (AvgIpc) is 3.56. The molecule has 6 rings (SSSR count). The molecule has 2 aromatic heterocycles. The molecule has 0 bridgehead atoms. The molecule has 1 fully saturated rings. The van der Waals surface area contributed by atoms with E-state index in [2.05, 4.69) is 38.7 Å². The average molecular weight is 443 g/mol. The molecule has 0 aliphatic carbocycles. The van der Waals surface area contributed by atoms with Gasteiger partial charge in [-0.25, -0.2) is 9.97 Å². The monoisotopic (exact) mass is 442 g/mol. The Balaban J connectivity index is 1.36. The highest BCUT2D eigenvalue weighted by Crippen LogP contribution is 2.36. The van der Waals surface area contributed by atoms with Gasteiger partial charge in [-0.05, 0) is 43.2 Å². The number of benzene rings is 2. The lowest BCUT2D eigenvalue weighted by Crippen LogP contribution is -2.18. The van der Waals surface area contributed by atoms with E-state index in [1.54, 1.807) is 13.3 Å². The summed E-state index contributed by atoms with van der Waals surface area (Å²) >= 11 is 0. The Morgan fingerprint density at radius 1 is 1.12 bits per heavy atom. The van der Waals surface area contributed by atoms with Crippen LogP contribution < -0.4 is 25.0 Å². The van der Waals surface area contributed by atoms with E-state index in [1.807, 2.05) is 35.0 Å². The number of ether oxygens (including phenoxy) is 2. The van der Waals surface area contributed by atoms with E-state index in [-0.39, 0.29) is 0 Å². The molecule has 168 valence electrons. The van der Waals surface area contributed by atoms with Crippen LogP contribution in [0.3, 0.4) is 0 Å². The van der Waals surface area contributed by atoms with Crippen LogP contribution in [0, 0.1) is 0 Å². The molecule has 0 radical (unpaired) electrons. The van der Waals surface area contributed by atoms with Gasteiger partial charge in [-0.15, -0.1) is 0 Å². The van der Waals surface area contributed by atoms with Crippen molar-refractivity contribution in [2.45, 2.75) is 12.8 Å². The summed E-state index contributed by atoms with van der Waals surface area (Å²) in [5, 5.41) is 6.86. The maximum absolute atomic E-state index is 5.72. The van der Waals surface area contributed by atoms with Crippen LogP contribution in [0.5, 0.6) is 11.5 Å². The fourth-order valence-corrected chi connectivity index (χ4v) is 4.57. The smallest absolute Gasteiger partial charge is 0.180 e. The highest BCUT2D eigenvalue weighted by atomic mass is 16.5. The number of aromatic nitrogens is 3. The van der Waals surface area contributed by atoms with Gasteiger partial charge in [0, 0.05) is 55.5 Å². The maximum Gasteiger partial charge on any atom is 0.180 e. The van der Waals surface area contributed by atoms with Gasteiger partial charge in [0.15, 0.2) is 11.5 Å². The van der Waals surface area contributed by atoms with E-state index < -0.39 is 0 Å². The van der Waals surface area contributed by atoms with Crippen LogP contribution in [-0.4, -0.2) is 47.7 Å². The predicted octanol–water partition coefficient (Wildman–Crippen LogP) is 4.55. The lowest BCUT2D eigenvalue weighted by molar-refractivity contribution is 0.323. The summed E-state index contributed by atoms with van der Waals surface area (Å²) in [6.45, 7) is 3.62. The second-order valence-corrected chi connectivity index (χ2v) is 8.32.